The van der Waals surface area contributed by atoms with Crippen LogP contribution in [-0.2, 0) is 22.4 Å². The first-order chi connectivity index (χ1) is 10.2. The second kappa shape index (κ2) is 4.82. The molecule has 2 aromatic rings. The van der Waals surface area contributed by atoms with Gasteiger partial charge in [0.05, 0.1) is 11.2 Å². The molecule has 3 nitrogen and oxygen atoms in total. The summed E-state index contributed by atoms with van der Waals surface area (Å²) < 4.78 is 11.7. The highest BCUT2D eigenvalue weighted by Crippen LogP contribution is 2.47. The third-order valence-electron chi connectivity index (χ3n) is 4.45. The van der Waals surface area contributed by atoms with Gasteiger partial charge in [0.1, 0.15) is 5.76 Å². The van der Waals surface area contributed by atoms with Gasteiger partial charge in [-0.2, -0.15) is 0 Å². The van der Waals surface area contributed by atoms with Crippen LogP contribution in [0.5, 0.6) is 0 Å². The first kappa shape index (κ1) is 15.0. The molecular weight excluding hydrogens is 276 g/mol. The second-order valence-electron chi connectivity index (χ2n) is 7.05. The van der Waals surface area contributed by atoms with Crippen LogP contribution in [0, 0.1) is 6.92 Å². The minimum absolute atomic E-state index is 0.266. The quantitative estimate of drug-likeness (QED) is 0.784. The highest BCUT2D eigenvalue weighted by atomic mass is 16.5. The maximum atomic E-state index is 10.7. The van der Waals surface area contributed by atoms with E-state index in [1.165, 1.54) is 22.3 Å². The summed E-state index contributed by atoms with van der Waals surface area (Å²) in [5.74, 6) is 1.18. The van der Waals surface area contributed by atoms with E-state index in [0.717, 1.165) is 12.0 Å². The van der Waals surface area contributed by atoms with Crippen LogP contribution >= 0.6 is 0 Å². The van der Waals surface area contributed by atoms with Gasteiger partial charge < -0.3 is 9.15 Å². The van der Waals surface area contributed by atoms with E-state index in [-0.39, 0.29) is 11.2 Å². The van der Waals surface area contributed by atoms with Crippen LogP contribution < -0.4 is 0 Å². The van der Waals surface area contributed by atoms with Gasteiger partial charge in [-0.25, -0.2) is 0 Å². The summed E-state index contributed by atoms with van der Waals surface area (Å²) in [6.07, 6.45) is 1.42. The van der Waals surface area contributed by atoms with Crippen LogP contribution in [0.2, 0.25) is 0 Å². The molecule has 0 fully saturated rings. The fourth-order valence-electron chi connectivity index (χ4n) is 3.43. The van der Waals surface area contributed by atoms with E-state index in [0.29, 0.717) is 12.2 Å². The molecule has 3 rings (SSSR count). The average molecular weight is 298 g/mol. The summed E-state index contributed by atoms with van der Waals surface area (Å²) >= 11 is 0. The lowest BCUT2D eigenvalue weighted by Crippen LogP contribution is -2.22. The molecule has 0 N–H and O–H groups in total. The van der Waals surface area contributed by atoms with Crippen molar-refractivity contribution in [2.45, 2.75) is 52.2 Å². The first-order valence-corrected chi connectivity index (χ1v) is 7.61. The molecule has 0 spiro atoms. The van der Waals surface area contributed by atoms with Crippen LogP contribution in [-0.4, -0.2) is 6.29 Å². The summed E-state index contributed by atoms with van der Waals surface area (Å²) in [6, 6.07) is 8.02. The zero-order chi connectivity index (χ0) is 16.1. The molecule has 3 heteroatoms. The van der Waals surface area contributed by atoms with Crippen LogP contribution in [0.3, 0.4) is 0 Å². The maximum absolute atomic E-state index is 10.7. The van der Waals surface area contributed by atoms with Crippen LogP contribution in [0.15, 0.2) is 28.7 Å². The number of benzene rings is 1. The Balaban J connectivity index is 2.02. The van der Waals surface area contributed by atoms with Crippen molar-refractivity contribution in [3.05, 3.63) is 58.0 Å². The monoisotopic (exact) mass is 298 g/mol. The standard InChI is InChI=1S/C19H22O3/c1-12-8-16-17(19(4,5)22-18(16,2)3)10-13(12)9-14-6-7-15(11-20)21-14/h6-8,10-11H,9H2,1-5H3. The summed E-state index contributed by atoms with van der Waals surface area (Å²) in [7, 11) is 0. The van der Waals surface area contributed by atoms with E-state index in [1.807, 2.05) is 6.07 Å². The predicted molar refractivity (Wildman–Crippen MR) is 85.2 cm³/mol. The Morgan fingerprint density at radius 2 is 1.68 bits per heavy atom. The smallest absolute Gasteiger partial charge is 0.185 e. The molecule has 0 atom stereocenters. The summed E-state index contributed by atoms with van der Waals surface area (Å²) in [4.78, 5) is 10.7. The number of carbonyl (C=O) groups excluding carboxylic acids is 1. The van der Waals surface area contributed by atoms with Crippen molar-refractivity contribution in [2.24, 2.45) is 0 Å². The van der Waals surface area contributed by atoms with Crippen molar-refractivity contribution in [3.63, 3.8) is 0 Å². The number of aryl methyl sites for hydroxylation is 1. The van der Waals surface area contributed by atoms with E-state index in [1.54, 1.807) is 6.07 Å². The van der Waals surface area contributed by atoms with Gasteiger partial charge in [-0.05, 0) is 69.0 Å². The summed E-state index contributed by atoms with van der Waals surface area (Å²) in [5.41, 5.74) is 4.36. The number of hydrogen-bond acceptors (Lipinski definition) is 3. The highest BCUT2D eigenvalue weighted by molar-refractivity contribution is 5.70. The van der Waals surface area contributed by atoms with Gasteiger partial charge in [-0.3, -0.25) is 4.79 Å². The summed E-state index contributed by atoms with van der Waals surface area (Å²) in [5, 5.41) is 0. The van der Waals surface area contributed by atoms with Gasteiger partial charge in [0, 0.05) is 6.42 Å². The number of hydrogen-bond donors (Lipinski definition) is 0. The van der Waals surface area contributed by atoms with E-state index < -0.39 is 0 Å². The molecule has 0 amide bonds. The number of furan rings is 1. The topological polar surface area (TPSA) is 39.4 Å². The molecule has 0 saturated heterocycles. The Kier molecular flexibility index (Phi) is 3.29. The number of fused-ring (bicyclic) bond motifs is 1. The van der Waals surface area contributed by atoms with Gasteiger partial charge in [0.15, 0.2) is 12.0 Å². The maximum Gasteiger partial charge on any atom is 0.185 e. The molecule has 22 heavy (non-hydrogen) atoms. The van der Waals surface area contributed by atoms with Gasteiger partial charge >= 0.3 is 0 Å². The number of rotatable bonds is 3. The molecule has 1 aliphatic rings. The van der Waals surface area contributed by atoms with E-state index in [2.05, 4.69) is 46.8 Å². The van der Waals surface area contributed by atoms with Gasteiger partial charge in [-0.15, -0.1) is 0 Å². The molecule has 116 valence electrons. The lowest BCUT2D eigenvalue weighted by atomic mass is 9.86. The fraction of sp³-hybridized carbons (Fsp3) is 0.421. The molecule has 1 aromatic heterocycles. The lowest BCUT2D eigenvalue weighted by Gasteiger charge is -2.24. The Morgan fingerprint density at radius 3 is 2.27 bits per heavy atom. The number of carbonyl (C=O) groups is 1. The predicted octanol–water partition coefficient (Wildman–Crippen LogP) is 4.49. The molecule has 1 aromatic carbocycles. The molecule has 0 saturated carbocycles. The normalized spacial score (nSPS) is 18.2. The Labute approximate surface area is 131 Å². The Morgan fingerprint density at radius 1 is 1.05 bits per heavy atom. The molecule has 2 heterocycles. The molecule has 0 bridgehead atoms. The lowest BCUT2D eigenvalue weighted by molar-refractivity contribution is -0.105. The highest BCUT2D eigenvalue weighted by Gasteiger charge is 2.43. The van der Waals surface area contributed by atoms with Crippen molar-refractivity contribution in [1.29, 1.82) is 0 Å². The molecule has 1 aliphatic heterocycles. The average Bonchev–Trinajstić information content (AvgIpc) is 2.92. The SMILES string of the molecule is Cc1cc2c(cc1Cc1ccc(C=O)o1)C(C)(C)OC2(C)C. The minimum atomic E-state index is -0.293. The Hall–Kier alpha value is -1.87. The number of aldehydes is 1. The minimum Gasteiger partial charge on any atom is -0.458 e. The van der Waals surface area contributed by atoms with E-state index in [9.17, 15) is 4.79 Å². The van der Waals surface area contributed by atoms with Crippen LogP contribution in [0.4, 0.5) is 0 Å². The van der Waals surface area contributed by atoms with Gasteiger partial charge in [-0.1, -0.05) is 12.1 Å². The van der Waals surface area contributed by atoms with Crippen molar-refractivity contribution in [2.75, 3.05) is 0 Å². The molecular formula is C19H22O3. The van der Waals surface area contributed by atoms with Crippen molar-refractivity contribution < 1.29 is 13.9 Å². The number of ether oxygens (including phenoxy) is 1. The first-order valence-electron chi connectivity index (χ1n) is 7.61. The summed E-state index contributed by atoms with van der Waals surface area (Å²) in [6.45, 7) is 10.6. The molecule has 0 aliphatic carbocycles. The zero-order valence-electron chi connectivity index (χ0n) is 13.8. The van der Waals surface area contributed by atoms with Crippen LogP contribution in [0.25, 0.3) is 0 Å². The second-order valence-corrected chi connectivity index (χ2v) is 7.05. The van der Waals surface area contributed by atoms with Crippen molar-refractivity contribution in [3.8, 4) is 0 Å². The van der Waals surface area contributed by atoms with Gasteiger partial charge in [0.2, 0.25) is 0 Å². The Bertz CT molecular complexity index is 735. The van der Waals surface area contributed by atoms with Crippen LogP contribution in [0.1, 0.15) is 66.3 Å². The third-order valence-corrected chi connectivity index (χ3v) is 4.45. The zero-order valence-corrected chi connectivity index (χ0v) is 13.8. The largest absolute Gasteiger partial charge is 0.458 e. The van der Waals surface area contributed by atoms with E-state index >= 15 is 0 Å². The third kappa shape index (κ3) is 2.40. The van der Waals surface area contributed by atoms with Crippen molar-refractivity contribution in [1.82, 2.24) is 0 Å². The molecule has 0 radical (unpaired) electrons. The molecule has 0 unspecified atom stereocenters. The van der Waals surface area contributed by atoms with Gasteiger partial charge in [0.25, 0.3) is 0 Å². The van der Waals surface area contributed by atoms with Crippen molar-refractivity contribution >= 4 is 6.29 Å². The fourth-order valence-corrected chi connectivity index (χ4v) is 3.43. The van der Waals surface area contributed by atoms with E-state index in [4.69, 9.17) is 9.15 Å².